The molecule has 17 heavy (non-hydrogen) atoms. The smallest absolute Gasteiger partial charge is 0.123 e. The minimum atomic E-state index is -0.217. The molecule has 2 rings (SSSR count). The maximum Gasteiger partial charge on any atom is 0.123 e. The maximum atomic E-state index is 12.9. The third kappa shape index (κ3) is 2.81. The van der Waals surface area contributed by atoms with Crippen LogP contribution in [0.1, 0.15) is 11.5 Å². The SMILES string of the molecule is CN(C)CC1NNC(N)C1c1ccc(F)cc1. The molecule has 3 unspecified atom stereocenters. The molecule has 1 aliphatic rings. The Morgan fingerprint density at radius 3 is 2.47 bits per heavy atom. The Labute approximate surface area is 101 Å². The number of nitrogens with zero attached hydrogens (tertiary/aromatic N) is 1. The van der Waals surface area contributed by atoms with Crippen molar-refractivity contribution in [1.29, 1.82) is 0 Å². The number of hydrogen-bond acceptors (Lipinski definition) is 4. The van der Waals surface area contributed by atoms with E-state index >= 15 is 0 Å². The van der Waals surface area contributed by atoms with Crippen molar-refractivity contribution in [3.63, 3.8) is 0 Å². The summed E-state index contributed by atoms with van der Waals surface area (Å²) in [5.41, 5.74) is 13.3. The van der Waals surface area contributed by atoms with E-state index in [1.807, 2.05) is 14.1 Å². The fourth-order valence-corrected chi connectivity index (χ4v) is 2.31. The number of benzene rings is 1. The van der Waals surface area contributed by atoms with Crippen molar-refractivity contribution in [2.45, 2.75) is 18.1 Å². The zero-order valence-corrected chi connectivity index (χ0v) is 10.2. The lowest BCUT2D eigenvalue weighted by molar-refractivity contribution is 0.337. The highest BCUT2D eigenvalue weighted by Crippen LogP contribution is 2.25. The van der Waals surface area contributed by atoms with Crippen molar-refractivity contribution >= 4 is 0 Å². The molecule has 1 saturated heterocycles. The number of hydrazine groups is 1. The highest BCUT2D eigenvalue weighted by atomic mass is 19.1. The Kier molecular flexibility index (Phi) is 3.73. The van der Waals surface area contributed by atoms with E-state index in [4.69, 9.17) is 5.73 Å². The number of nitrogens with two attached hydrogens (primary N) is 1. The molecular formula is C12H19FN4. The van der Waals surface area contributed by atoms with Gasteiger partial charge in [0.2, 0.25) is 0 Å². The Balaban J connectivity index is 2.18. The van der Waals surface area contributed by atoms with Gasteiger partial charge >= 0.3 is 0 Å². The predicted molar refractivity (Wildman–Crippen MR) is 65.7 cm³/mol. The van der Waals surface area contributed by atoms with Crippen LogP contribution >= 0.6 is 0 Å². The van der Waals surface area contributed by atoms with Crippen molar-refractivity contribution < 1.29 is 4.39 Å². The van der Waals surface area contributed by atoms with E-state index < -0.39 is 0 Å². The van der Waals surface area contributed by atoms with Gasteiger partial charge in [-0.1, -0.05) is 12.1 Å². The third-order valence-electron chi connectivity index (χ3n) is 3.07. The topological polar surface area (TPSA) is 53.3 Å². The molecule has 3 atom stereocenters. The monoisotopic (exact) mass is 238 g/mol. The Morgan fingerprint density at radius 2 is 1.88 bits per heavy atom. The molecule has 0 bridgehead atoms. The maximum absolute atomic E-state index is 12.9. The zero-order chi connectivity index (χ0) is 12.4. The van der Waals surface area contributed by atoms with Gasteiger partial charge in [-0.25, -0.2) is 9.82 Å². The molecule has 0 saturated carbocycles. The Hall–Kier alpha value is -1.01. The van der Waals surface area contributed by atoms with Gasteiger partial charge < -0.3 is 10.6 Å². The largest absolute Gasteiger partial charge is 0.314 e. The lowest BCUT2D eigenvalue weighted by Crippen LogP contribution is -2.40. The predicted octanol–water partition coefficient (Wildman–Crippen LogP) is 0.232. The summed E-state index contributed by atoms with van der Waals surface area (Å²) in [7, 11) is 4.04. The van der Waals surface area contributed by atoms with Gasteiger partial charge in [-0.3, -0.25) is 5.43 Å². The van der Waals surface area contributed by atoms with Crippen LogP contribution in [0.5, 0.6) is 0 Å². The minimum absolute atomic E-state index is 0.148. The lowest BCUT2D eigenvalue weighted by Gasteiger charge is -2.23. The molecule has 0 amide bonds. The van der Waals surface area contributed by atoms with Crippen LogP contribution in [-0.4, -0.2) is 37.7 Å². The number of likely N-dealkylation sites (N-methyl/N-ethyl adjacent to an activating group) is 1. The molecule has 0 aromatic heterocycles. The third-order valence-corrected chi connectivity index (χ3v) is 3.07. The van der Waals surface area contributed by atoms with Crippen molar-refractivity contribution in [2.24, 2.45) is 5.73 Å². The minimum Gasteiger partial charge on any atom is -0.314 e. The van der Waals surface area contributed by atoms with E-state index in [-0.39, 0.29) is 23.9 Å². The summed E-state index contributed by atoms with van der Waals surface area (Å²) in [4.78, 5) is 2.11. The van der Waals surface area contributed by atoms with Crippen LogP contribution in [-0.2, 0) is 0 Å². The summed E-state index contributed by atoms with van der Waals surface area (Å²) in [5, 5.41) is 0. The van der Waals surface area contributed by atoms with Crippen LogP contribution in [0.15, 0.2) is 24.3 Å². The van der Waals surface area contributed by atoms with Crippen LogP contribution in [0, 0.1) is 5.82 Å². The number of nitrogens with one attached hydrogen (secondary N) is 2. The van der Waals surface area contributed by atoms with Crippen LogP contribution < -0.4 is 16.6 Å². The fourth-order valence-electron chi connectivity index (χ4n) is 2.31. The molecule has 0 spiro atoms. The normalized spacial score (nSPS) is 28.9. The summed E-state index contributed by atoms with van der Waals surface area (Å²) in [6, 6.07) is 6.79. The molecule has 4 nitrogen and oxygen atoms in total. The van der Waals surface area contributed by atoms with Gasteiger partial charge in [-0.15, -0.1) is 0 Å². The summed E-state index contributed by atoms with van der Waals surface area (Å²) in [5.74, 6) is -0.0663. The quantitative estimate of drug-likeness (QED) is 0.706. The molecule has 5 heteroatoms. The van der Waals surface area contributed by atoms with E-state index in [9.17, 15) is 4.39 Å². The average Bonchev–Trinajstić information content (AvgIpc) is 2.61. The van der Waals surface area contributed by atoms with Crippen LogP contribution in [0.25, 0.3) is 0 Å². The second kappa shape index (κ2) is 5.10. The standard InChI is InChI=1S/C12H19FN4/c1-17(2)7-10-11(12(14)16-15-10)8-3-5-9(13)6-4-8/h3-6,10-12,15-16H,7,14H2,1-2H3. The van der Waals surface area contributed by atoms with Crippen molar-refractivity contribution in [3.8, 4) is 0 Å². The number of hydrogen-bond donors (Lipinski definition) is 3. The molecule has 0 aliphatic carbocycles. The molecule has 1 fully saturated rings. The summed E-state index contributed by atoms with van der Waals surface area (Å²) >= 11 is 0. The molecule has 4 N–H and O–H groups in total. The second-order valence-corrected chi connectivity index (χ2v) is 4.76. The van der Waals surface area contributed by atoms with Gasteiger partial charge in [-0.05, 0) is 31.8 Å². The Morgan fingerprint density at radius 1 is 1.24 bits per heavy atom. The van der Waals surface area contributed by atoms with Gasteiger partial charge in [-0.2, -0.15) is 0 Å². The van der Waals surface area contributed by atoms with Crippen molar-refractivity contribution in [3.05, 3.63) is 35.6 Å². The average molecular weight is 238 g/mol. The summed E-state index contributed by atoms with van der Waals surface area (Å²) < 4.78 is 12.9. The van der Waals surface area contributed by atoms with E-state index in [1.54, 1.807) is 12.1 Å². The molecule has 1 aromatic rings. The van der Waals surface area contributed by atoms with Gasteiger partial charge in [0.15, 0.2) is 0 Å². The van der Waals surface area contributed by atoms with Gasteiger partial charge in [0.25, 0.3) is 0 Å². The van der Waals surface area contributed by atoms with Crippen molar-refractivity contribution in [1.82, 2.24) is 15.8 Å². The van der Waals surface area contributed by atoms with E-state index in [1.165, 1.54) is 12.1 Å². The molecule has 0 radical (unpaired) electrons. The molecular weight excluding hydrogens is 219 g/mol. The number of halogens is 1. The van der Waals surface area contributed by atoms with Crippen LogP contribution in [0.2, 0.25) is 0 Å². The fraction of sp³-hybridized carbons (Fsp3) is 0.500. The number of rotatable bonds is 3. The van der Waals surface area contributed by atoms with Crippen molar-refractivity contribution in [2.75, 3.05) is 20.6 Å². The highest BCUT2D eigenvalue weighted by Gasteiger charge is 2.34. The first-order chi connectivity index (χ1) is 8.08. The molecule has 94 valence electrons. The van der Waals surface area contributed by atoms with Gasteiger partial charge in [0.1, 0.15) is 5.82 Å². The van der Waals surface area contributed by atoms with E-state index in [2.05, 4.69) is 15.8 Å². The highest BCUT2D eigenvalue weighted by molar-refractivity contribution is 5.25. The summed E-state index contributed by atoms with van der Waals surface area (Å²) in [6.45, 7) is 0.878. The van der Waals surface area contributed by atoms with E-state index in [0.29, 0.717) is 0 Å². The van der Waals surface area contributed by atoms with Crippen LogP contribution in [0.3, 0.4) is 0 Å². The van der Waals surface area contributed by atoms with Gasteiger partial charge in [0.05, 0.1) is 6.17 Å². The first-order valence-electron chi connectivity index (χ1n) is 5.75. The zero-order valence-electron chi connectivity index (χ0n) is 10.2. The molecule has 1 heterocycles. The summed E-state index contributed by atoms with van der Waals surface area (Å²) in [6.07, 6.45) is -0.148. The Bertz CT molecular complexity index is 365. The van der Waals surface area contributed by atoms with E-state index in [0.717, 1.165) is 12.1 Å². The first-order valence-corrected chi connectivity index (χ1v) is 5.75. The molecule has 1 aromatic carbocycles. The first kappa shape index (κ1) is 12.4. The lowest BCUT2D eigenvalue weighted by atomic mass is 9.90. The molecule has 1 aliphatic heterocycles. The second-order valence-electron chi connectivity index (χ2n) is 4.76. The van der Waals surface area contributed by atoms with Gasteiger partial charge in [0, 0.05) is 18.5 Å². The van der Waals surface area contributed by atoms with Crippen LogP contribution in [0.4, 0.5) is 4.39 Å².